The molecular formula is C25H32FN9O. The quantitative estimate of drug-likeness (QED) is 0.560. The molecule has 2 aromatic heterocycles. The fraction of sp³-hybridized carbons (Fsp3) is 0.560. The summed E-state index contributed by atoms with van der Waals surface area (Å²) < 4.78 is 17.6. The number of hydrogen-bond acceptors (Lipinski definition) is 8. The first-order valence-electron chi connectivity index (χ1n) is 12.9. The minimum Gasteiger partial charge on any atom is -0.355 e. The summed E-state index contributed by atoms with van der Waals surface area (Å²) in [6.07, 6.45) is 9.72. The maximum atomic E-state index is 15.2. The largest absolute Gasteiger partial charge is 0.368 e. The van der Waals surface area contributed by atoms with Crippen LogP contribution >= 0.6 is 0 Å². The Morgan fingerprint density at radius 1 is 1.08 bits per heavy atom. The van der Waals surface area contributed by atoms with Crippen LogP contribution in [-0.4, -0.2) is 66.9 Å². The van der Waals surface area contributed by atoms with Gasteiger partial charge in [-0.2, -0.15) is 14.3 Å². The first-order valence-corrected chi connectivity index (χ1v) is 12.9. The number of tetrazole rings is 1. The third kappa shape index (κ3) is 4.25. The predicted octanol–water partition coefficient (Wildman–Crippen LogP) is 2.97. The second kappa shape index (κ2) is 9.27. The second-order valence-electron chi connectivity index (χ2n) is 10.2. The van der Waals surface area contributed by atoms with Crippen molar-refractivity contribution in [1.82, 2.24) is 34.7 Å². The number of nitrogens with zero attached hydrogens (tertiary/aromatic N) is 8. The molecule has 11 heteroatoms. The zero-order chi connectivity index (χ0) is 24.8. The van der Waals surface area contributed by atoms with E-state index in [-0.39, 0.29) is 17.3 Å². The molecule has 36 heavy (non-hydrogen) atoms. The van der Waals surface area contributed by atoms with Crippen molar-refractivity contribution in [3.05, 3.63) is 46.3 Å². The maximum absolute atomic E-state index is 15.2. The van der Waals surface area contributed by atoms with E-state index in [4.69, 9.17) is 4.98 Å². The van der Waals surface area contributed by atoms with Gasteiger partial charge in [-0.1, -0.05) is 6.42 Å². The number of piperidine rings is 2. The predicted molar refractivity (Wildman–Crippen MR) is 134 cm³/mol. The van der Waals surface area contributed by atoms with Crippen LogP contribution in [0, 0.1) is 5.82 Å². The molecule has 4 heterocycles. The fourth-order valence-electron chi connectivity index (χ4n) is 5.82. The standard InChI is InChI=1S/C25H32FN9O/c1-32(20-7-5-13-34-12-4-3-6-21(20)34)23-10-11-27-24(29-23)28-19-15-22(35-25(36)33(2)30-31-35)17(14-18(19)26)16-8-9-16/h10-11,14-16,20-21H,3-9,12-13H2,1-2H3,(H,27,28,29)/t20-,21+/m0/s1. The van der Waals surface area contributed by atoms with Gasteiger partial charge in [-0.15, -0.1) is 0 Å². The molecule has 0 amide bonds. The lowest BCUT2D eigenvalue weighted by molar-refractivity contribution is 0.0894. The fourth-order valence-corrected chi connectivity index (χ4v) is 5.82. The first-order chi connectivity index (χ1) is 17.5. The van der Waals surface area contributed by atoms with Crippen LogP contribution in [0.25, 0.3) is 5.69 Å². The Morgan fingerprint density at radius 3 is 2.69 bits per heavy atom. The molecule has 0 radical (unpaired) electrons. The highest BCUT2D eigenvalue weighted by molar-refractivity contribution is 5.62. The molecular weight excluding hydrogens is 461 g/mol. The van der Waals surface area contributed by atoms with Gasteiger partial charge in [0.15, 0.2) is 0 Å². The lowest BCUT2D eigenvalue weighted by atomic mass is 9.88. The Balaban J connectivity index is 1.29. The number of fused-ring (bicyclic) bond motifs is 1. The number of aromatic nitrogens is 6. The number of halogens is 1. The summed E-state index contributed by atoms with van der Waals surface area (Å²) in [7, 11) is 3.64. The molecule has 3 fully saturated rings. The van der Waals surface area contributed by atoms with Gasteiger partial charge in [0.2, 0.25) is 5.95 Å². The van der Waals surface area contributed by atoms with Gasteiger partial charge in [-0.25, -0.2) is 14.2 Å². The molecule has 3 aliphatic rings. The Labute approximate surface area is 209 Å². The number of hydrogen-bond donors (Lipinski definition) is 1. The van der Waals surface area contributed by atoms with Crippen LogP contribution in [0.2, 0.25) is 0 Å². The second-order valence-corrected chi connectivity index (χ2v) is 10.2. The number of rotatable bonds is 6. The molecule has 1 N–H and O–H groups in total. The normalized spacial score (nSPS) is 22.3. The number of anilines is 3. The van der Waals surface area contributed by atoms with Crippen LogP contribution in [0.3, 0.4) is 0 Å². The van der Waals surface area contributed by atoms with Gasteiger partial charge < -0.3 is 10.2 Å². The van der Waals surface area contributed by atoms with Gasteiger partial charge >= 0.3 is 5.69 Å². The summed E-state index contributed by atoms with van der Waals surface area (Å²) in [5.41, 5.74) is 1.12. The van der Waals surface area contributed by atoms with Crippen molar-refractivity contribution in [3.8, 4) is 5.69 Å². The van der Waals surface area contributed by atoms with Crippen molar-refractivity contribution in [2.24, 2.45) is 7.05 Å². The van der Waals surface area contributed by atoms with Gasteiger partial charge in [0.05, 0.1) is 11.4 Å². The number of likely N-dealkylation sites (N-methyl/N-ethyl adjacent to an activating group) is 1. The number of aryl methyl sites for hydroxylation is 1. The Morgan fingerprint density at radius 2 is 1.92 bits per heavy atom. The molecule has 2 atom stereocenters. The molecule has 190 valence electrons. The molecule has 1 aliphatic carbocycles. The highest BCUT2D eigenvalue weighted by Crippen LogP contribution is 2.44. The number of nitrogens with one attached hydrogen (secondary N) is 1. The van der Waals surface area contributed by atoms with E-state index in [0.29, 0.717) is 23.7 Å². The lowest BCUT2D eigenvalue weighted by Gasteiger charge is -2.47. The lowest BCUT2D eigenvalue weighted by Crippen LogP contribution is -2.56. The molecule has 0 spiro atoms. The van der Waals surface area contributed by atoms with Crippen LogP contribution < -0.4 is 15.9 Å². The Kier molecular flexibility index (Phi) is 5.94. The van der Waals surface area contributed by atoms with Gasteiger partial charge in [0, 0.05) is 32.4 Å². The smallest absolute Gasteiger partial charge is 0.355 e. The summed E-state index contributed by atoms with van der Waals surface area (Å²) in [5, 5.41) is 10.8. The molecule has 2 saturated heterocycles. The maximum Gasteiger partial charge on any atom is 0.368 e. The van der Waals surface area contributed by atoms with Crippen LogP contribution in [0.4, 0.5) is 21.8 Å². The van der Waals surface area contributed by atoms with Crippen molar-refractivity contribution >= 4 is 17.5 Å². The van der Waals surface area contributed by atoms with E-state index in [2.05, 4.69) is 37.6 Å². The van der Waals surface area contributed by atoms with Crippen LogP contribution in [0.1, 0.15) is 56.4 Å². The zero-order valence-corrected chi connectivity index (χ0v) is 20.8. The van der Waals surface area contributed by atoms with Gasteiger partial charge in [0.1, 0.15) is 11.6 Å². The molecule has 1 saturated carbocycles. The molecule has 10 nitrogen and oxygen atoms in total. The summed E-state index contributed by atoms with van der Waals surface area (Å²) >= 11 is 0. The van der Waals surface area contributed by atoms with Crippen molar-refractivity contribution in [2.75, 3.05) is 30.4 Å². The van der Waals surface area contributed by atoms with Crippen molar-refractivity contribution < 1.29 is 4.39 Å². The van der Waals surface area contributed by atoms with E-state index < -0.39 is 5.82 Å². The van der Waals surface area contributed by atoms with Crippen LogP contribution in [0.15, 0.2) is 29.2 Å². The Bertz CT molecular complexity index is 1320. The Hall–Kier alpha value is -3.34. The molecule has 6 rings (SSSR count). The third-order valence-corrected chi connectivity index (χ3v) is 7.88. The van der Waals surface area contributed by atoms with Crippen molar-refractivity contribution in [2.45, 2.75) is 62.9 Å². The first kappa shape index (κ1) is 23.1. The topological polar surface area (TPSA) is 97.0 Å². The minimum atomic E-state index is -0.412. The van der Waals surface area contributed by atoms with Crippen LogP contribution in [0.5, 0.6) is 0 Å². The summed E-state index contributed by atoms with van der Waals surface area (Å²) in [6.45, 7) is 2.36. The van der Waals surface area contributed by atoms with Gasteiger partial charge in [0.25, 0.3) is 0 Å². The van der Waals surface area contributed by atoms with E-state index in [1.807, 2.05) is 6.07 Å². The van der Waals surface area contributed by atoms with Crippen LogP contribution in [-0.2, 0) is 7.05 Å². The molecule has 0 bridgehead atoms. The van der Waals surface area contributed by atoms with Crippen molar-refractivity contribution in [3.63, 3.8) is 0 Å². The van der Waals surface area contributed by atoms with E-state index in [1.165, 1.54) is 49.5 Å². The molecule has 2 aliphatic heterocycles. The highest BCUT2D eigenvalue weighted by atomic mass is 19.1. The monoisotopic (exact) mass is 493 g/mol. The van der Waals surface area contributed by atoms with E-state index >= 15 is 4.39 Å². The van der Waals surface area contributed by atoms with Gasteiger partial charge in [-0.3, -0.25) is 4.90 Å². The average molecular weight is 494 g/mol. The van der Waals surface area contributed by atoms with E-state index in [0.717, 1.165) is 35.3 Å². The summed E-state index contributed by atoms with van der Waals surface area (Å²) in [6, 6.07) is 5.95. The van der Waals surface area contributed by atoms with E-state index in [1.54, 1.807) is 19.3 Å². The summed E-state index contributed by atoms with van der Waals surface area (Å²) in [5.74, 6) is 0.932. The average Bonchev–Trinajstić information content (AvgIpc) is 3.69. The third-order valence-electron chi connectivity index (χ3n) is 7.88. The van der Waals surface area contributed by atoms with Gasteiger partial charge in [-0.05, 0) is 91.7 Å². The zero-order valence-electron chi connectivity index (χ0n) is 20.8. The SMILES string of the molecule is CN(c1ccnc(Nc2cc(-n3nnn(C)c3=O)c(C3CC3)cc2F)n1)[C@H]1CCCN2CCCC[C@H]12. The van der Waals surface area contributed by atoms with E-state index in [9.17, 15) is 4.79 Å². The molecule has 3 aromatic rings. The van der Waals surface area contributed by atoms with Crippen molar-refractivity contribution in [1.29, 1.82) is 0 Å². The molecule has 1 aromatic carbocycles. The highest BCUT2D eigenvalue weighted by Gasteiger charge is 2.36. The minimum absolute atomic E-state index is 0.197. The summed E-state index contributed by atoms with van der Waals surface area (Å²) in [4.78, 5) is 26.5. The number of benzene rings is 1. The molecule has 0 unspecified atom stereocenters.